The third kappa shape index (κ3) is 4.23. The molecule has 2 aromatic rings. The van der Waals surface area contributed by atoms with Crippen molar-refractivity contribution >= 4 is 0 Å². The van der Waals surface area contributed by atoms with Crippen LogP contribution in [0.2, 0.25) is 0 Å². The molecule has 1 fully saturated rings. The molecule has 0 bridgehead atoms. The maximum atomic E-state index is 3.48. The van der Waals surface area contributed by atoms with Crippen molar-refractivity contribution in [2.75, 3.05) is 13.1 Å². The molecule has 2 aromatic carbocycles. The minimum absolute atomic E-state index is 0.216. The Labute approximate surface area is 142 Å². The Morgan fingerprint density at radius 2 is 1.57 bits per heavy atom. The highest BCUT2D eigenvalue weighted by Crippen LogP contribution is 2.33. The molecular formula is C22H31N. The lowest BCUT2D eigenvalue weighted by atomic mass is 9.85. The van der Waals surface area contributed by atoms with Crippen LogP contribution in [0.1, 0.15) is 58.1 Å². The van der Waals surface area contributed by atoms with Crippen LogP contribution in [0.15, 0.2) is 48.5 Å². The molecule has 0 aliphatic carbocycles. The maximum Gasteiger partial charge on any atom is 0.00208 e. The third-order valence-corrected chi connectivity index (χ3v) is 4.52. The third-order valence-electron chi connectivity index (χ3n) is 4.52. The summed E-state index contributed by atoms with van der Waals surface area (Å²) in [5.41, 5.74) is 5.84. The molecule has 0 spiro atoms. The second-order valence-electron chi connectivity index (χ2n) is 7.10. The summed E-state index contributed by atoms with van der Waals surface area (Å²) in [6.45, 7) is 13.0. The molecule has 3 rings (SSSR count). The summed E-state index contributed by atoms with van der Waals surface area (Å²) in [5, 5.41) is 3.48. The van der Waals surface area contributed by atoms with Crippen LogP contribution in [-0.2, 0) is 5.41 Å². The number of hydrogen-bond donors (Lipinski definition) is 1. The SMILES string of the molecule is CC.CC(C)(C)c1ccc(-c2ccccc2[C@H]2CCNC2)cc1. The Morgan fingerprint density at radius 1 is 0.913 bits per heavy atom. The number of nitrogens with one attached hydrogen (secondary N) is 1. The van der Waals surface area contributed by atoms with E-state index in [1.165, 1.54) is 28.7 Å². The average Bonchev–Trinajstić information content (AvgIpc) is 3.10. The average molecular weight is 309 g/mol. The molecule has 1 heteroatoms. The summed E-state index contributed by atoms with van der Waals surface area (Å²) >= 11 is 0. The van der Waals surface area contributed by atoms with E-state index in [2.05, 4.69) is 74.6 Å². The normalized spacial score (nSPS) is 17.5. The Bertz CT molecular complexity index is 599. The van der Waals surface area contributed by atoms with E-state index in [1.54, 1.807) is 0 Å². The van der Waals surface area contributed by atoms with Crippen LogP contribution in [0.5, 0.6) is 0 Å². The van der Waals surface area contributed by atoms with Crippen molar-refractivity contribution < 1.29 is 0 Å². The fourth-order valence-corrected chi connectivity index (χ4v) is 3.19. The monoisotopic (exact) mass is 309 g/mol. The summed E-state index contributed by atoms with van der Waals surface area (Å²) in [6.07, 6.45) is 1.25. The lowest BCUT2D eigenvalue weighted by Crippen LogP contribution is -2.10. The molecule has 1 N–H and O–H groups in total. The van der Waals surface area contributed by atoms with E-state index < -0.39 is 0 Å². The van der Waals surface area contributed by atoms with Gasteiger partial charge in [0.25, 0.3) is 0 Å². The molecule has 1 atom stereocenters. The van der Waals surface area contributed by atoms with Gasteiger partial charge in [-0.3, -0.25) is 0 Å². The van der Waals surface area contributed by atoms with Gasteiger partial charge in [-0.05, 0) is 46.6 Å². The number of hydrogen-bond acceptors (Lipinski definition) is 1. The van der Waals surface area contributed by atoms with Gasteiger partial charge in [-0.25, -0.2) is 0 Å². The summed E-state index contributed by atoms with van der Waals surface area (Å²) in [7, 11) is 0. The van der Waals surface area contributed by atoms with Gasteiger partial charge in [-0.15, -0.1) is 0 Å². The van der Waals surface area contributed by atoms with Gasteiger partial charge in [0.1, 0.15) is 0 Å². The van der Waals surface area contributed by atoms with Crippen molar-refractivity contribution in [3.8, 4) is 11.1 Å². The van der Waals surface area contributed by atoms with E-state index >= 15 is 0 Å². The molecule has 0 radical (unpaired) electrons. The summed E-state index contributed by atoms with van der Waals surface area (Å²) in [6, 6.07) is 18.0. The highest BCUT2D eigenvalue weighted by Gasteiger charge is 2.20. The van der Waals surface area contributed by atoms with Crippen molar-refractivity contribution in [2.45, 2.75) is 52.4 Å². The first-order valence-electron chi connectivity index (χ1n) is 8.96. The zero-order valence-corrected chi connectivity index (χ0v) is 15.3. The molecular weight excluding hydrogens is 278 g/mol. The molecule has 0 saturated carbocycles. The summed E-state index contributed by atoms with van der Waals surface area (Å²) in [4.78, 5) is 0. The smallest absolute Gasteiger partial charge is 0.00208 e. The highest BCUT2D eigenvalue weighted by atomic mass is 14.9. The van der Waals surface area contributed by atoms with Gasteiger partial charge < -0.3 is 5.32 Å². The highest BCUT2D eigenvalue weighted by molar-refractivity contribution is 5.68. The zero-order valence-electron chi connectivity index (χ0n) is 15.3. The first-order valence-corrected chi connectivity index (χ1v) is 8.96. The van der Waals surface area contributed by atoms with Crippen LogP contribution < -0.4 is 5.32 Å². The van der Waals surface area contributed by atoms with Gasteiger partial charge in [0.15, 0.2) is 0 Å². The number of benzene rings is 2. The molecule has 0 unspecified atom stereocenters. The van der Waals surface area contributed by atoms with Crippen LogP contribution in [0, 0.1) is 0 Å². The minimum Gasteiger partial charge on any atom is -0.316 e. The van der Waals surface area contributed by atoms with E-state index in [0.717, 1.165) is 13.1 Å². The molecule has 124 valence electrons. The van der Waals surface area contributed by atoms with E-state index in [4.69, 9.17) is 0 Å². The van der Waals surface area contributed by atoms with Crippen LogP contribution in [0.25, 0.3) is 11.1 Å². The van der Waals surface area contributed by atoms with Gasteiger partial charge in [0, 0.05) is 6.54 Å². The van der Waals surface area contributed by atoms with Crippen LogP contribution in [0.3, 0.4) is 0 Å². The second-order valence-corrected chi connectivity index (χ2v) is 7.10. The van der Waals surface area contributed by atoms with Gasteiger partial charge >= 0.3 is 0 Å². The van der Waals surface area contributed by atoms with E-state index in [0.29, 0.717) is 5.92 Å². The van der Waals surface area contributed by atoms with E-state index in [9.17, 15) is 0 Å². The lowest BCUT2D eigenvalue weighted by Gasteiger charge is -2.20. The van der Waals surface area contributed by atoms with Crippen LogP contribution in [0.4, 0.5) is 0 Å². The second kappa shape index (κ2) is 7.79. The molecule has 0 amide bonds. The predicted molar refractivity (Wildman–Crippen MR) is 102 cm³/mol. The topological polar surface area (TPSA) is 12.0 Å². The van der Waals surface area contributed by atoms with E-state index in [-0.39, 0.29) is 5.41 Å². The maximum absolute atomic E-state index is 3.48. The Hall–Kier alpha value is -1.60. The summed E-state index contributed by atoms with van der Waals surface area (Å²) < 4.78 is 0. The van der Waals surface area contributed by atoms with Crippen molar-refractivity contribution in [3.63, 3.8) is 0 Å². The fourth-order valence-electron chi connectivity index (χ4n) is 3.19. The Morgan fingerprint density at radius 3 is 2.13 bits per heavy atom. The summed E-state index contributed by atoms with van der Waals surface area (Å²) in [5.74, 6) is 0.656. The zero-order chi connectivity index (χ0) is 16.9. The predicted octanol–water partition coefficient (Wildman–Crippen LogP) is 5.75. The van der Waals surface area contributed by atoms with Gasteiger partial charge in [-0.1, -0.05) is 83.1 Å². The standard InChI is InChI=1S/C20H25N.C2H6/c1-20(2,3)17-10-8-15(9-11-17)18-6-4-5-7-19(18)16-12-13-21-14-16;1-2/h4-11,16,21H,12-14H2,1-3H3;1-2H3/t16-;/m0./s1. The Kier molecular flexibility index (Phi) is 6.01. The van der Waals surface area contributed by atoms with Gasteiger partial charge in [0.2, 0.25) is 0 Å². The lowest BCUT2D eigenvalue weighted by molar-refractivity contribution is 0.590. The molecule has 0 aromatic heterocycles. The molecule has 1 heterocycles. The fraction of sp³-hybridized carbons (Fsp3) is 0.455. The van der Waals surface area contributed by atoms with Gasteiger partial charge in [0.05, 0.1) is 0 Å². The van der Waals surface area contributed by atoms with Crippen LogP contribution in [-0.4, -0.2) is 13.1 Å². The van der Waals surface area contributed by atoms with Crippen molar-refractivity contribution in [1.82, 2.24) is 5.32 Å². The van der Waals surface area contributed by atoms with Crippen molar-refractivity contribution in [3.05, 3.63) is 59.7 Å². The first-order chi connectivity index (χ1) is 11.1. The molecule has 1 aliphatic heterocycles. The first kappa shape index (κ1) is 17.7. The minimum atomic E-state index is 0.216. The molecule has 1 nitrogen and oxygen atoms in total. The largest absolute Gasteiger partial charge is 0.316 e. The van der Waals surface area contributed by atoms with Gasteiger partial charge in [-0.2, -0.15) is 0 Å². The Balaban J connectivity index is 0.000000924. The quantitative estimate of drug-likeness (QED) is 0.744. The molecule has 1 saturated heterocycles. The van der Waals surface area contributed by atoms with Crippen molar-refractivity contribution in [1.29, 1.82) is 0 Å². The van der Waals surface area contributed by atoms with E-state index in [1.807, 2.05) is 13.8 Å². The number of rotatable bonds is 2. The van der Waals surface area contributed by atoms with Crippen LogP contribution >= 0.6 is 0 Å². The van der Waals surface area contributed by atoms with Crippen molar-refractivity contribution in [2.24, 2.45) is 0 Å². The molecule has 1 aliphatic rings. The molecule has 23 heavy (non-hydrogen) atoms.